The number of nitrogens with one attached hydrogen (secondary N) is 2. The molecule has 2 aromatic carbocycles. The van der Waals surface area contributed by atoms with Crippen LogP contribution in [0.25, 0.3) is 0 Å². The summed E-state index contributed by atoms with van der Waals surface area (Å²) in [4.78, 5) is 4.62. The summed E-state index contributed by atoms with van der Waals surface area (Å²) in [5.74, 6) is 0.689. The van der Waals surface area contributed by atoms with E-state index < -0.39 is 0 Å². The SMILES string of the molecule is CCNC(=NCc1ccccc1CO)NC(C)c1ccc(Cl)cc1Cl.I. The molecule has 0 aliphatic heterocycles. The molecule has 0 radical (unpaired) electrons. The van der Waals surface area contributed by atoms with Gasteiger partial charge < -0.3 is 15.7 Å². The summed E-state index contributed by atoms with van der Waals surface area (Å²) in [5.41, 5.74) is 2.84. The van der Waals surface area contributed by atoms with Crippen LogP contribution < -0.4 is 10.6 Å². The molecule has 7 heteroatoms. The van der Waals surface area contributed by atoms with Crippen molar-refractivity contribution < 1.29 is 5.11 Å². The van der Waals surface area contributed by atoms with Gasteiger partial charge in [0.15, 0.2) is 5.96 Å². The van der Waals surface area contributed by atoms with Crippen molar-refractivity contribution in [2.45, 2.75) is 33.0 Å². The molecule has 0 fully saturated rings. The Morgan fingerprint density at radius 2 is 1.85 bits per heavy atom. The number of hydrogen-bond acceptors (Lipinski definition) is 2. The lowest BCUT2D eigenvalue weighted by atomic mass is 10.1. The summed E-state index contributed by atoms with van der Waals surface area (Å²) < 4.78 is 0. The Morgan fingerprint density at radius 3 is 2.46 bits per heavy atom. The van der Waals surface area contributed by atoms with Crippen LogP contribution in [0.15, 0.2) is 47.5 Å². The Kier molecular flexibility index (Phi) is 10.3. The predicted molar refractivity (Wildman–Crippen MR) is 121 cm³/mol. The van der Waals surface area contributed by atoms with Gasteiger partial charge in [-0.3, -0.25) is 0 Å². The molecule has 142 valence electrons. The maximum Gasteiger partial charge on any atom is 0.192 e. The van der Waals surface area contributed by atoms with Gasteiger partial charge >= 0.3 is 0 Å². The van der Waals surface area contributed by atoms with Crippen LogP contribution in [-0.2, 0) is 13.2 Å². The van der Waals surface area contributed by atoms with Crippen molar-refractivity contribution in [1.82, 2.24) is 10.6 Å². The van der Waals surface area contributed by atoms with E-state index >= 15 is 0 Å². The molecule has 0 aliphatic rings. The molecule has 0 amide bonds. The highest BCUT2D eigenvalue weighted by Crippen LogP contribution is 2.26. The number of guanidine groups is 1. The quantitative estimate of drug-likeness (QED) is 0.295. The van der Waals surface area contributed by atoms with E-state index in [-0.39, 0.29) is 36.6 Å². The van der Waals surface area contributed by atoms with Crippen LogP contribution in [0.5, 0.6) is 0 Å². The number of rotatable bonds is 6. The predicted octanol–water partition coefficient (Wildman–Crippen LogP) is 4.92. The van der Waals surface area contributed by atoms with Crippen LogP contribution in [0.4, 0.5) is 0 Å². The van der Waals surface area contributed by atoms with Gasteiger partial charge in [0.25, 0.3) is 0 Å². The Balaban J connectivity index is 0.00000338. The first-order valence-corrected chi connectivity index (χ1v) is 8.98. The van der Waals surface area contributed by atoms with Crippen LogP contribution in [0, 0.1) is 0 Å². The zero-order chi connectivity index (χ0) is 18.2. The van der Waals surface area contributed by atoms with Crippen molar-refractivity contribution in [3.05, 3.63) is 69.2 Å². The normalized spacial score (nSPS) is 12.3. The van der Waals surface area contributed by atoms with Crippen molar-refractivity contribution in [2.24, 2.45) is 4.99 Å². The van der Waals surface area contributed by atoms with Crippen molar-refractivity contribution >= 4 is 53.1 Å². The first-order valence-electron chi connectivity index (χ1n) is 8.22. The molecule has 26 heavy (non-hydrogen) atoms. The van der Waals surface area contributed by atoms with Crippen LogP contribution in [0.3, 0.4) is 0 Å². The Hall–Kier alpha value is -1.02. The van der Waals surface area contributed by atoms with Gasteiger partial charge in [-0.2, -0.15) is 0 Å². The maximum atomic E-state index is 9.43. The summed E-state index contributed by atoms with van der Waals surface area (Å²) >= 11 is 12.2. The molecule has 1 atom stereocenters. The minimum Gasteiger partial charge on any atom is -0.392 e. The molecule has 4 nitrogen and oxygen atoms in total. The molecule has 0 saturated carbocycles. The second kappa shape index (κ2) is 11.6. The van der Waals surface area contributed by atoms with E-state index in [0.29, 0.717) is 22.5 Å². The lowest BCUT2D eigenvalue weighted by molar-refractivity contribution is 0.280. The standard InChI is InChI=1S/C19H23Cl2N3O.HI/c1-3-22-19(23-11-14-6-4-5-7-15(14)12-25)24-13(2)17-9-8-16(20)10-18(17)21;/h4-10,13,25H,3,11-12H2,1-2H3,(H2,22,23,24);1H. The summed E-state index contributed by atoms with van der Waals surface area (Å²) in [6.07, 6.45) is 0. The average molecular weight is 508 g/mol. The number of aliphatic hydroxyl groups is 1. The van der Waals surface area contributed by atoms with Gasteiger partial charge in [-0.25, -0.2) is 4.99 Å². The molecule has 0 spiro atoms. The fourth-order valence-electron chi connectivity index (χ4n) is 2.49. The van der Waals surface area contributed by atoms with Crippen LogP contribution >= 0.6 is 47.2 Å². The number of nitrogens with zero attached hydrogens (tertiary/aromatic N) is 1. The van der Waals surface area contributed by atoms with E-state index in [1.165, 1.54) is 0 Å². The first-order chi connectivity index (χ1) is 12.0. The molecule has 0 bridgehead atoms. The maximum absolute atomic E-state index is 9.43. The van der Waals surface area contributed by atoms with Crippen molar-refractivity contribution in [1.29, 1.82) is 0 Å². The minimum absolute atomic E-state index is 0. The highest BCUT2D eigenvalue weighted by atomic mass is 127. The summed E-state index contributed by atoms with van der Waals surface area (Å²) in [5, 5.41) is 17.2. The topological polar surface area (TPSA) is 56.7 Å². The van der Waals surface area contributed by atoms with E-state index in [9.17, 15) is 5.11 Å². The third kappa shape index (κ3) is 6.61. The van der Waals surface area contributed by atoms with Gasteiger partial charge in [0, 0.05) is 16.6 Å². The number of halogens is 3. The lowest BCUT2D eigenvalue weighted by Crippen LogP contribution is -2.38. The highest BCUT2D eigenvalue weighted by molar-refractivity contribution is 14.0. The first kappa shape index (κ1) is 23.0. The molecule has 2 rings (SSSR count). The Bertz CT molecular complexity index is 740. The molecule has 3 N–H and O–H groups in total. The molecule has 0 heterocycles. The summed E-state index contributed by atoms with van der Waals surface area (Å²) in [6, 6.07) is 13.2. The van der Waals surface area contributed by atoms with E-state index in [2.05, 4.69) is 15.6 Å². The van der Waals surface area contributed by atoms with Gasteiger partial charge in [0.1, 0.15) is 0 Å². The van der Waals surface area contributed by atoms with Gasteiger partial charge in [0.2, 0.25) is 0 Å². The average Bonchev–Trinajstić information content (AvgIpc) is 2.60. The third-order valence-corrected chi connectivity index (χ3v) is 4.39. The monoisotopic (exact) mass is 507 g/mol. The number of hydrogen-bond donors (Lipinski definition) is 3. The Labute approximate surface area is 182 Å². The lowest BCUT2D eigenvalue weighted by Gasteiger charge is -2.19. The molecule has 1 unspecified atom stereocenters. The van der Waals surface area contributed by atoms with Crippen LogP contribution in [-0.4, -0.2) is 17.6 Å². The zero-order valence-electron chi connectivity index (χ0n) is 14.8. The Morgan fingerprint density at radius 1 is 1.15 bits per heavy atom. The van der Waals surface area contributed by atoms with Crippen LogP contribution in [0.1, 0.15) is 36.6 Å². The number of benzene rings is 2. The summed E-state index contributed by atoms with van der Waals surface area (Å²) in [7, 11) is 0. The molecule has 2 aromatic rings. The van der Waals surface area contributed by atoms with Gasteiger partial charge in [-0.1, -0.05) is 53.5 Å². The fraction of sp³-hybridized carbons (Fsp3) is 0.316. The van der Waals surface area contributed by atoms with Gasteiger partial charge in [0.05, 0.1) is 19.2 Å². The van der Waals surface area contributed by atoms with Crippen molar-refractivity contribution in [3.8, 4) is 0 Å². The zero-order valence-corrected chi connectivity index (χ0v) is 18.6. The largest absolute Gasteiger partial charge is 0.392 e. The second-order valence-electron chi connectivity index (χ2n) is 5.65. The van der Waals surface area contributed by atoms with E-state index in [1.54, 1.807) is 6.07 Å². The van der Waals surface area contributed by atoms with Crippen molar-refractivity contribution in [2.75, 3.05) is 6.54 Å². The van der Waals surface area contributed by atoms with Crippen LogP contribution in [0.2, 0.25) is 10.0 Å². The fourth-order valence-corrected chi connectivity index (χ4v) is 3.06. The van der Waals surface area contributed by atoms with Gasteiger partial charge in [-0.05, 0) is 42.7 Å². The number of aliphatic hydroxyl groups excluding tert-OH is 1. The highest BCUT2D eigenvalue weighted by Gasteiger charge is 2.12. The molecular formula is C19H24Cl2IN3O. The van der Waals surface area contributed by atoms with Gasteiger partial charge in [-0.15, -0.1) is 24.0 Å². The summed E-state index contributed by atoms with van der Waals surface area (Å²) in [6.45, 7) is 5.26. The minimum atomic E-state index is -0.0318. The number of aliphatic imine (C=N–C) groups is 1. The smallest absolute Gasteiger partial charge is 0.192 e. The molecule has 0 saturated heterocycles. The second-order valence-corrected chi connectivity index (χ2v) is 6.50. The molecule has 0 aliphatic carbocycles. The molecule has 0 aromatic heterocycles. The van der Waals surface area contributed by atoms with E-state index in [4.69, 9.17) is 23.2 Å². The van der Waals surface area contributed by atoms with Crippen molar-refractivity contribution in [3.63, 3.8) is 0 Å². The van der Waals surface area contributed by atoms with E-state index in [0.717, 1.165) is 23.2 Å². The molecular weight excluding hydrogens is 484 g/mol. The third-order valence-electron chi connectivity index (χ3n) is 3.82. The van der Waals surface area contributed by atoms with E-state index in [1.807, 2.05) is 50.2 Å².